The van der Waals surface area contributed by atoms with Gasteiger partial charge in [0.05, 0.1) is 53.8 Å². The fourth-order valence-electron chi connectivity index (χ4n) is 9.10. The second kappa shape index (κ2) is 13.4. The van der Waals surface area contributed by atoms with E-state index < -0.39 is 52.7 Å². The molecule has 4 aliphatic rings. The molecule has 10 nitrogen and oxygen atoms in total. The number of anilines is 2. The number of imide groups is 2. The number of amides is 4. The van der Waals surface area contributed by atoms with Gasteiger partial charge in [0.2, 0.25) is 11.8 Å². The van der Waals surface area contributed by atoms with Crippen LogP contribution in [0.1, 0.15) is 35.4 Å². The largest absolute Gasteiger partial charge is 0.508 e. The number of phenols is 1. The van der Waals surface area contributed by atoms with Crippen LogP contribution in [0.3, 0.4) is 0 Å². The molecule has 2 saturated heterocycles. The SMILES string of the molecule is COc1ccc([C@@]23C(=O)N(Nc4ccc(Cl)cc4Cl)C(=O)[C@@H]2C[C@@H]2C(=CC[C@@H]4C(=O)N(c5ccc(C)c(Cl)c5)C(=O)[C@@H]42)[C@@H]3c2ccc(O)cc2OC)cc1. The van der Waals surface area contributed by atoms with Crippen molar-refractivity contribution in [2.45, 2.75) is 31.1 Å². The zero-order valence-corrected chi connectivity index (χ0v) is 31.6. The lowest BCUT2D eigenvalue weighted by Crippen LogP contribution is -2.53. The molecule has 54 heavy (non-hydrogen) atoms. The van der Waals surface area contributed by atoms with E-state index in [2.05, 4.69) is 5.43 Å². The summed E-state index contributed by atoms with van der Waals surface area (Å²) in [6.07, 6.45) is 2.25. The Hall–Kier alpha value is -5.03. The van der Waals surface area contributed by atoms with E-state index in [0.717, 1.165) is 16.1 Å². The summed E-state index contributed by atoms with van der Waals surface area (Å²) in [6.45, 7) is 1.84. The van der Waals surface area contributed by atoms with E-state index in [0.29, 0.717) is 32.6 Å². The van der Waals surface area contributed by atoms with Gasteiger partial charge in [0.1, 0.15) is 17.2 Å². The van der Waals surface area contributed by atoms with Gasteiger partial charge in [0, 0.05) is 27.6 Å². The number of phenolic OH excluding ortho intramolecular Hbond substituents is 1. The van der Waals surface area contributed by atoms with Crippen LogP contribution < -0.4 is 19.8 Å². The third kappa shape index (κ3) is 5.29. The number of aryl methyl sites for hydroxylation is 1. The van der Waals surface area contributed by atoms with Crippen molar-refractivity contribution >= 4 is 69.8 Å². The molecule has 3 fully saturated rings. The number of rotatable bonds is 7. The Labute approximate surface area is 326 Å². The van der Waals surface area contributed by atoms with E-state index in [1.807, 2.05) is 13.0 Å². The number of allylic oxidation sites excluding steroid dienone is 2. The van der Waals surface area contributed by atoms with Crippen LogP contribution in [0.15, 0.2) is 90.5 Å². The molecule has 0 unspecified atom stereocenters. The van der Waals surface area contributed by atoms with Gasteiger partial charge in [0.25, 0.3) is 11.8 Å². The number of aromatic hydroxyl groups is 1. The van der Waals surface area contributed by atoms with Crippen molar-refractivity contribution < 1.29 is 33.8 Å². The number of ether oxygens (including phenoxy) is 2. The minimum absolute atomic E-state index is 0.0610. The van der Waals surface area contributed by atoms with Crippen molar-refractivity contribution in [3.05, 3.63) is 122 Å². The maximum absolute atomic E-state index is 15.5. The third-order valence-corrected chi connectivity index (χ3v) is 12.5. The molecular weight excluding hydrogens is 753 g/mol. The molecule has 2 aliphatic heterocycles. The van der Waals surface area contributed by atoms with Crippen LogP contribution in [0, 0.1) is 30.6 Å². The quantitative estimate of drug-likeness (QED) is 0.143. The van der Waals surface area contributed by atoms with Crippen LogP contribution in [0.2, 0.25) is 15.1 Å². The molecule has 0 aromatic heterocycles. The molecule has 1 saturated carbocycles. The molecule has 2 N–H and O–H groups in total. The number of hydrazine groups is 1. The normalized spacial score (nSPS) is 26.0. The molecule has 6 atom stereocenters. The number of fused-ring (bicyclic) bond motifs is 4. The van der Waals surface area contributed by atoms with E-state index in [1.165, 1.54) is 37.3 Å². The molecule has 8 rings (SSSR count). The second-order valence-corrected chi connectivity index (χ2v) is 15.3. The summed E-state index contributed by atoms with van der Waals surface area (Å²) < 4.78 is 11.3. The zero-order valence-electron chi connectivity index (χ0n) is 29.3. The van der Waals surface area contributed by atoms with Gasteiger partial charge < -0.3 is 14.6 Å². The summed E-state index contributed by atoms with van der Waals surface area (Å²) in [5, 5.41) is 12.6. The third-order valence-electron chi connectivity index (χ3n) is 11.5. The molecule has 0 spiro atoms. The summed E-state index contributed by atoms with van der Waals surface area (Å²) in [7, 11) is 3.00. The number of methoxy groups -OCH3 is 2. The standard InChI is InChI=1S/C41H34Cl3N3O7/c1-20-4-8-23(17-31(20)43)46-37(49)28-14-13-26-29(35(28)39(46)51)19-30-38(50)47(45-33-15-7-22(42)16-32(33)44)40(52)41(30,21-5-10-25(53-2)11-6-21)36(26)27-12-9-24(48)18-34(27)54-3/h4-13,15-18,28-30,35-36,45,48H,14,19H2,1-3H3/t28-,29+,30-,35-,36+,41+/m0/s1. The highest BCUT2D eigenvalue weighted by atomic mass is 35.5. The minimum Gasteiger partial charge on any atom is -0.508 e. The van der Waals surface area contributed by atoms with E-state index in [9.17, 15) is 19.5 Å². The van der Waals surface area contributed by atoms with Gasteiger partial charge in [-0.1, -0.05) is 70.7 Å². The lowest BCUT2D eigenvalue weighted by molar-refractivity contribution is -0.138. The number of benzene rings is 4. The van der Waals surface area contributed by atoms with Crippen LogP contribution in [-0.4, -0.2) is 48.0 Å². The van der Waals surface area contributed by atoms with Gasteiger partial charge in [-0.2, -0.15) is 5.01 Å². The van der Waals surface area contributed by atoms with Crippen molar-refractivity contribution in [2.24, 2.45) is 23.7 Å². The first-order valence-electron chi connectivity index (χ1n) is 17.4. The summed E-state index contributed by atoms with van der Waals surface area (Å²) in [5.74, 6) is -5.13. The number of carbonyl (C=O) groups is 4. The highest BCUT2D eigenvalue weighted by molar-refractivity contribution is 6.36. The van der Waals surface area contributed by atoms with Gasteiger partial charge in [-0.05, 0) is 85.3 Å². The molecule has 13 heteroatoms. The number of nitrogens with zero attached hydrogens (tertiary/aromatic N) is 2. The monoisotopic (exact) mass is 785 g/mol. The predicted molar refractivity (Wildman–Crippen MR) is 204 cm³/mol. The first kappa shape index (κ1) is 36.0. The Morgan fingerprint density at radius 3 is 2.26 bits per heavy atom. The van der Waals surface area contributed by atoms with Gasteiger partial charge in [0.15, 0.2) is 0 Å². The van der Waals surface area contributed by atoms with Crippen molar-refractivity contribution in [3.8, 4) is 17.2 Å². The van der Waals surface area contributed by atoms with Crippen molar-refractivity contribution in [2.75, 3.05) is 24.5 Å². The van der Waals surface area contributed by atoms with Gasteiger partial charge in [-0.3, -0.25) is 24.6 Å². The lowest BCUT2D eigenvalue weighted by Gasteiger charge is -2.50. The second-order valence-electron chi connectivity index (χ2n) is 14.1. The molecular formula is C41H34Cl3N3O7. The summed E-state index contributed by atoms with van der Waals surface area (Å²) in [4.78, 5) is 60.4. The van der Waals surface area contributed by atoms with Crippen LogP contribution >= 0.6 is 34.8 Å². The molecule has 276 valence electrons. The Bertz CT molecular complexity index is 2300. The fraction of sp³-hybridized carbons (Fsp3) is 0.268. The van der Waals surface area contributed by atoms with Crippen molar-refractivity contribution in [1.82, 2.24) is 5.01 Å². The van der Waals surface area contributed by atoms with Crippen LogP contribution in [-0.2, 0) is 24.6 Å². The zero-order chi connectivity index (χ0) is 38.2. The first-order chi connectivity index (χ1) is 25.9. The first-order valence-corrected chi connectivity index (χ1v) is 18.5. The number of hydrogen-bond acceptors (Lipinski definition) is 8. The van der Waals surface area contributed by atoms with Crippen LogP contribution in [0.4, 0.5) is 11.4 Å². The van der Waals surface area contributed by atoms with Gasteiger partial charge in [-0.15, -0.1) is 0 Å². The summed E-state index contributed by atoms with van der Waals surface area (Å²) in [6, 6.07) is 21.4. The average molecular weight is 787 g/mol. The Morgan fingerprint density at radius 2 is 1.57 bits per heavy atom. The maximum atomic E-state index is 15.5. The van der Waals surface area contributed by atoms with E-state index in [1.54, 1.807) is 60.7 Å². The van der Waals surface area contributed by atoms with E-state index >= 15 is 4.79 Å². The molecule has 0 radical (unpaired) electrons. The maximum Gasteiger partial charge on any atom is 0.260 e. The van der Waals surface area contributed by atoms with Gasteiger partial charge >= 0.3 is 0 Å². The molecule has 2 aliphatic carbocycles. The van der Waals surface area contributed by atoms with Crippen molar-refractivity contribution in [3.63, 3.8) is 0 Å². The topological polar surface area (TPSA) is 125 Å². The lowest BCUT2D eigenvalue weighted by atomic mass is 9.49. The number of hydrogen-bond donors (Lipinski definition) is 2. The molecule has 0 bridgehead atoms. The predicted octanol–water partition coefficient (Wildman–Crippen LogP) is 7.87. The fourth-order valence-corrected chi connectivity index (χ4v) is 9.73. The van der Waals surface area contributed by atoms with Crippen LogP contribution in [0.5, 0.6) is 17.2 Å². The summed E-state index contributed by atoms with van der Waals surface area (Å²) in [5.41, 5.74) is 4.64. The Kier molecular flexibility index (Phi) is 8.91. The average Bonchev–Trinajstić information content (AvgIpc) is 3.54. The van der Waals surface area contributed by atoms with Gasteiger partial charge in [-0.25, -0.2) is 4.90 Å². The molecule has 2 heterocycles. The summed E-state index contributed by atoms with van der Waals surface area (Å²) >= 11 is 19.2. The Balaban J connectivity index is 1.34. The highest BCUT2D eigenvalue weighted by Crippen LogP contribution is 2.65. The number of nitrogens with one attached hydrogen (secondary N) is 1. The number of halogens is 3. The van der Waals surface area contributed by atoms with E-state index in [-0.39, 0.29) is 41.0 Å². The highest BCUT2D eigenvalue weighted by Gasteiger charge is 2.70. The minimum atomic E-state index is -1.59. The van der Waals surface area contributed by atoms with Crippen molar-refractivity contribution in [1.29, 1.82) is 0 Å². The van der Waals surface area contributed by atoms with Crippen LogP contribution in [0.25, 0.3) is 0 Å². The Morgan fingerprint density at radius 1 is 0.815 bits per heavy atom. The molecule has 4 amide bonds. The molecule has 4 aromatic carbocycles. The number of carbonyl (C=O) groups excluding carboxylic acids is 4. The smallest absolute Gasteiger partial charge is 0.260 e. The molecule has 4 aromatic rings. The van der Waals surface area contributed by atoms with E-state index in [4.69, 9.17) is 44.3 Å².